The third-order valence-corrected chi connectivity index (χ3v) is 5.27. The average Bonchev–Trinajstić information content (AvgIpc) is 2.68. The SMILES string of the molecule is O=C(c1ccccc1Br)N1N=C2CCCCC[C@@H]2[C@]1(O)C(F)(F)F. The van der Waals surface area contributed by atoms with E-state index in [2.05, 4.69) is 21.0 Å². The predicted molar refractivity (Wildman–Crippen MR) is 85.3 cm³/mol. The molecule has 1 aromatic rings. The van der Waals surface area contributed by atoms with Crippen molar-refractivity contribution in [2.24, 2.45) is 11.0 Å². The Labute approximate surface area is 145 Å². The Balaban J connectivity index is 2.07. The molecule has 0 saturated heterocycles. The van der Waals surface area contributed by atoms with Gasteiger partial charge < -0.3 is 5.11 Å². The number of benzene rings is 1. The van der Waals surface area contributed by atoms with Crippen LogP contribution in [0, 0.1) is 5.92 Å². The highest BCUT2D eigenvalue weighted by Gasteiger charge is 2.68. The second-order valence-corrected chi connectivity index (χ2v) is 6.92. The van der Waals surface area contributed by atoms with Gasteiger partial charge in [-0.25, -0.2) is 0 Å². The summed E-state index contributed by atoms with van der Waals surface area (Å²) in [5, 5.41) is 14.7. The van der Waals surface area contributed by atoms with Gasteiger partial charge in [0.1, 0.15) is 0 Å². The zero-order chi connectivity index (χ0) is 17.5. The second kappa shape index (κ2) is 6.15. The van der Waals surface area contributed by atoms with Crippen molar-refractivity contribution in [1.29, 1.82) is 0 Å². The molecule has 24 heavy (non-hydrogen) atoms. The van der Waals surface area contributed by atoms with Crippen LogP contribution in [0.4, 0.5) is 13.2 Å². The molecular formula is C16H16BrF3N2O2. The highest BCUT2D eigenvalue weighted by molar-refractivity contribution is 9.10. The lowest BCUT2D eigenvalue weighted by Gasteiger charge is -2.37. The Kier molecular flexibility index (Phi) is 4.46. The van der Waals surface area contributed by atoms with Crippen LogP contribution in [0.1, 0.15) is 42.5 Å². The molecule has 0 radical (unpaired) electrons. The maximum Gasteiger partial charge on any atom is 0.439 e. The standard InChI is InChI=1S/C16H16BrF3N2O2/c17-12-8-5-4-6-10(12)14(23)22-15(24,16(18,19)20)11-7-2-1-3-9-13(11)21-22/h4-6,8,11,24H,1-3,7,9H2/t11-,15-/m0/s1. The molecular weight excluding hydrogens is 389 g/mol. The zero-order valence-corrected chi connectivity index (χ0v) is 14.3. The number of carbonyl (C=O) groups excluding carboxylic acids is 1. The number of hydrogen-bond donors (Lipinski definition) is 1. The number of alkyl halides is 3. The van der Waals surface area contributed by atoms with Crippen LogP contribution in [0.25, 0.3) is 0 Å². The second-order valence-electron chi connectivity index (χ2n) is 6.06. The molecule has 2 atom stereocenters. The number of hydrogen-bond acceptors (Lipinski definition) is 3. The van der Waals surface area contributed by atoms with Gasteiger partial charge in [0.2, 0.25) is 0 Å². The maximum absolute atomic E-state index is 13.7. The summed E-state index contributed by atoms with van der Waals surface area (Å²) in [6.45, 7) is 0. The van der Waals surface area contributed by atoms with E-state index in [1.807, 2.05) is 0 Å². The third kappa shape index (κ3) is 2.65. The van der Waals surface area contributed by atoms with Crippen LogP contribution < -0.4 is 0 Å². The molecule has 3 rings (SSSR count). The van der Waals surface area contributed by atoms with E-state index >= 15 is 0 Å². The Morgan fingerprint density at radius 1 is 1.29 bits per heavy atom. The summed E-state index contributed by atoms with van der Waals surface area (Å²) >= 11 is 3.16. The minimum absolute atomic E-state index is 0.0287. The maximum atomic E-state index is 13.7. The highest BCUT2D eigenvalue weighted by Crippen LogP contribution is 2.48. The summed E-state index contributed by atoms with van der Waals surface area (Å²) in [6.07, 6.45) is -2.40. The van der Waals surface area contributed by atoms with E-state index in [1.54, 1.807) is 18.2 Å². The van der Waals surface area contributed by atoms with E-state index in [0.29, 0.717) is 23.7 Å². The van der Waals surface area contributed by atoms with Crippen LogP contribution in [-0.2, 0) is 0 Å². The Bertz CT molecular complexity index is 692. The number of hydrazone groups is 1. The lowest BCUT2D eigenvalue weighted by Crippen LogP contribution is -2.61. The van der Waals surface area contributed by atoms with Crippen molar-refractivity contribution in [3.05, 3.63) is 34.3 Å². The molecule has 1 aliphatic carbocycles. The first kappa shape index (κ1) is 17.4. The number of aliphatic hydroxyl groups is 1. The molecule has 8 heteroatoms. The molecule has 1 aromatic carbocycles. The lowest BCUT2D eigenvalue weighted by molar-refractivity contribution is -0.312. The molecule has 2 aliphatic rings. The number of amides is 1. The van der Waals surface area contributed by atoms with E-state index in [-0.39, 0.29) is 22.7 Å². The minimum atomic E-state index is -5.00. The first-order valence-electron chi connectivity index (χ1n) is 7.72. The molecule has 1 N–H and O–H groups in total. The number of halogens is 4. The van der Waals surface area contributed by atoms with E-state index in [9.17, 15) is 23.1 Å². The van der Waals surface area contributed by atoms with Crippen molar-refractivity contribution in [3.63, 3.8) is 0 Å². The zero-order valence-electron chi connectivity index (χ0n) is 12.7. The smallest absolute Gasteiger partial charge is 0.362 e. The minimum Gasteiger partial charge on any atom is -0.362 e. The van der Waals surface area contributed by atoms with Gasteiger partial charge in [0.05, 0.1) is 11.5 Å². The monoisotopic (exact) mass is 404 g/mol. The summed E-state index contributed by atoms with van der Waals surface area (Å²) in [5.74, 6) is -2.17. The molecule has 1 amide bonds. The summed E-state index contributed by atoms with van der Waals surface area (Å²) in [5.41, 5.74) is -3.01. The van der Waals surface area contributed by atoms with Crippen molar-refractivity contribution in [1.82, 2.24) is 5.01 Å². The Hall–Kier alpha value is -1.41. The molecule has 1 fully saturated rings. The topological polar surface area (TPSA) is 52.9 Å². The van der Waals surface area contributed by atoms with Gasteiger partial charge in [-0.2, -0.15) is 23.3 Å². The summed E-state index contributed by atoms with van der Waals surface area (Å²) in [6, 6.07) is 6.15. The van der Waals surface area contributed by atoms with Gasteiger partial charge in [-0.05, 0) is 47.3 Å². The fourth-order valence-electron chi connectivity index (χ4n) is 3.34. The van der Waals surface area contributed by atoms with Crippen LogP contribution in [-0.4, -0.2) is 33.6 Å². The third-order valence-electron chi connectivity index (χ3n) is 4.58. The van der Waals surface area contributed by atoms with Gasteiger partial charge in [-0.1, -0.05) is 25.0 Å². The van der Waals surface area contributed by atoms with E-state index < -0.39 is 23.7 Å². The van der Waals surface area contributed by atoms with Crippen LogP contribution in [0.2, 0.25) is 0 Å². The Morgan fingerprint density at radius 3 is 2.67 bits per heavy atom. The molecule has 0 spiro atoms. The van der Waals surface area contributed by atoms with E-state index in [0.717, 1.165) is 6.42 Å². The van der Waals surface area contributed by atoms with Crippen LogP contribution >= 0.6 is 15.9 Å². The molecule has 1 saturated carbocycles. The van der Waals surface area contributed by atoms with Crippen LogP contribution in [0.3, 0.4) is 0 Å². The largest absolute Gasteiger partial charge is 0.439 e. The normalized spacial score (nSPS) is 27.5. The average molecular weight is 405 g/mol. The first-order chi connectivity index (χ1) is 11.3. The Morgan fingerprint density at radius 2 is 2.00 bits per heavy atom. The van der Waals surface area contributed by atoms with Gasteiger partial charge >= 0.3 is 6.18 Å². The molecule has 1 heterocycles. The lowest BCUT2D eigenvalue weighted by atomic mass is 9.87. The van der Waals surface area contributed by atoms with Gasteiger partial charge in [0.25, 0.3) is 11.6 Å². The summed E-state index contributed by atoms with van der Waals surface area (Å²) in [7, 11) is 0. The number of nitrogens with zero attached hydrogens (tertiary/aromatic N) is 2. The predicted octanol–water partition coefficient (Wildman–Crippen LogP) is 4.09. The number of rotatable bonds is 1. The van der Waals surface area contributed by atoms with Crippen molar-refractivity contribution in [3.8, 4) is 0 Å². The summed E-state index contributed by atoms with van der Waals surface area (Å²) in [4.78, 5) is 12.7. The summed E-state index contributed by atoms with van der Waals surface area (Å²) < 4.78 is 41.6. The van der Waals surface area contributed by atoms with Crippen LogP contribution in [0.5, 0.6) is 0 Å². The fraction of sp³-hybridized carbons (Fsp3) is 0.500. The number of fused-ring (bicyclic) bond motifs is 1. The van der Waals surface area contributed by atoms with Crippen molar-refractivity contribution in [2.75, 3.05) is 0 Å². The fourth-order valence-corrected chi connectivity index (χ4v) is 3.80. The van der Waals surface area contributed by atoms with Gasteiger partial charge in [0, 0.05) is 10.2 Å². The van der Waals surface area contributed by atoms with Crippen molar-refractivity contribution in [2.45, 2.75) is 44.0 Å². The van der Waals surface area contributed by atoms with E-state index in [4.69, 9.17) is 0 Å². The van der Waals surface area contributed by atoms with Gasteiger partial charge in [-0.3, -0.25) is 4.79 Å². The van der Waals surface area contributed by atoms with Gasteiger partial charge in [0.15, 0.2) is 0 Å². The number of carbonyl (C=O) groups is 1. The van der Waals surface area contributed by atoms with E-state index in [1.165, 1.54) is 6.07 Å². The molecule has 0 bridgehead atoms. The van der Waals surface area contributed by atoms with Crippen molar-refractivity contribution >= 4 is 27.5 Å². The highest BCUT2D eigenvalue weighted by atomic mass is 79.9. The molecule has 4 nitrogen and oxygen atoms in total. The van der Waals surface area contributed by atoms with Crippen molar-refractivity contribution < 1.29 is 23.1 Å². The molecule has 130 valence electrons. The molecule has 0 unspecified atom stereocenters. The molecule has 1 aliphatic heterocycles. The quantitative estimate of drug-likeness (QED) is 0.765. The first-order valence-corrected chi connectivity index (χ1v) is 8.51. The molecule has 0 aromatic heterocycles. The van der Waals surface area contributed by atoms with Gasteiger partial charge in [-0.15, -0.1) is 0 Å². The van der Waals surface area contributed by atoms with Crippen LogP contribution in [0.15, 0.2) is 33.8 Å².